The Balaban J connectivity index is 0.000000221. The number of para-hydroxylation sites is 2. The van der Waals surface area contributed by atoms with Gasteiger partial charge < -0.3 is 23.5 Å². The Hall–Kier alpha value is -5.67. The molecule has 0 aliphatic heterocycles. The Kier molecular flexibility index (Phi) is 15.0. The van der Waals surface area contributed by atoms with Gasteiger partial charge in [0.05, 0.1) is 16.1 Å². The molecule has 0 fully saturated rings. The summed E-state index contributed by atoms with van der Waals surface area (Å²) < 4.78 is 76.5. The summed E-state index contributed by atoms with van der Waals surface area (Å²) in [6.45, 7) is 1.64. The minimum Gasteiger partial charge on any atom is -0.506 e. The van der Waals surface area contributed by atoms with Crippen molar-refractivity contribution < 1.29 is 86.3 Å². The van der Waals surface area contributed by atoms with Crippen LogP contribution in [0.2, 0.25) is 0 Å². The molecule has 0 aliphatic rings. The SMILES string of the molecule is CCn1c(=O)c(C(=O)C(F)(F)F)c(O)c2ccc3ccccc3c21.O=P(c1ccccc1)(c1ccccc1)c1ccccc1Oc1ccccc1P(=O)(c1ccccc1)c1ccccc1.[Eu]. The van der Waals surface area contributed by atoms with Crippen molar-refractivity contribution in [3.63, 3.8) is 0 Å². The van der Waals surface area contributed by atoms with Gasteiger partial charge in [0.1, 0.15) is 22.8 Å². The van der Waals surface area contributed by atoms with Gasteiger partial charge in [0.25, 0.3) is 11.3 Å². The Labute approximate surface area is 419 Å². The van der Waals surface area contributed by atoms with Crippen LogP contribution in [0.15, 0.2) is 211 Å². The van der Waals surface area contributed by atoms with E-state index < -0.39 is 43.1 Å². The van der Waals surface area contributed by atoms with Crippen molar-refractivity contribution >= 4 is 73.6 Å². The molecule has 0 atom stereocenters. The minimum atomic E-state index is -5.24. The van der Waals surface area contributed by atoms with Gasteiger partial charge in [-0.15, -0.1) is 0 Å². The summed E-state index contributed by atoms with van der Waals surface area (Å²) in [5.41, 5.74) is -2.09. The maximum atomic E-state index is 15.2. The third kappa shape index (κ3) is 9.20. The number of carbonyl (C=O) groups is 1. The van der Waals surface area contributed by atoms with E-state index in [-0.39, 0.29) is 61.3 Å². The number of alkyl halides is 3. The predicted molar refractivity (Wildman–Crippen MR) is 255 cm³/mol. The van der Waals surface area contributed by atoms with Gasteiger partial charge in [-0.25, -0.2) is 0 Å². The molecule has 1 radical (unpaired) electrons. The average Bonchev–Trinajstić information content (AvgIpc) is 3.35. The van der Waals surface area contributed by atoms with Gasteiger partial charge in [0.2, 0.25) is 0 Å². The number of hydrogen-bond donors (Lipinski definition) is 1. The number of fused-ring (bicyclic) bond motifs is 3. The van der Waals surface area contributed by atoms with Crippen LogP contribution in [0.5, 0.6) is 17.2 Å². The fourth-order valence-electron chi connectivity index (χ4n) is 7.99. The fraction of sp³-hybridized carbons (Fsp3) is 0.0566. The largest absolute Gasteiger partial charge is 0.506 e. The molecule has 0 spiro atoms. The van der Waals surface area contributed by atoms with Crippen molar-refractivity contribution in [3.8, 4) is 17.2 Å². The molecule has 13 heteroatoms. The van der Waals surface area contributed by atoms with Crippen molar-refractivity contribution in [1.82, 2.24) is 4.57 Å². The molecule has 0 saturated heterocycles. The first-order valence-electron chi connectivity index (χ1n) is 20.6. The van der Waals surface area contributed by atoms with Crippen LogP contribution < -0.4 is 42.1 Å². The van der Waals surface area contributed by atoms with Crippen LogP contribution in [0.1, 0.15) is 17.3 Å². The molecular formula is C53H40EuF3NO6P2. The molecule has 0 saturated carbocycles. The first-order chi connectivity index (χ1) is 31.4. The first kappa shape index (κ1) is 48.3. The van der Waals surface area contributed by atoms with Crippen LogP contribution in [0, 0.1) is 49.4 Å². The molecule has 0 unspecified atom stereocenters. The summed E-state index contributed by atoms with van der Waals surface area (Å²) in [5, 5.41) is 15.7. The maximum absolute atomic E-state index is 15.2. The second-order valence-electron chi connectivity index (χ2n) is 14.9. The monoisotopic (exact) mass is 1060 g/mol. The zero-order chi connectivity index (χ0) is 45.8. The number of pyridine rings is 1. The topological polar surface area (TPSA) is 103 Å². The molecule has 0 aliphatic carbocycles. The minimum absolute atomic E-state index is 0. The Morgan fingerprint density at radius 1 is 0.545 bits per heavy atom. The zero-order valence-corrected chi connectivity index (χ0v) is 39.4. The number of ether oxygens (including phenoxy) is 1. The van der Waals surface area contributed by atoms with Crippen molar-refractivity contribution in [2.24, 2.45) is 0 Å². The molecule has 66 heavy (non-hydrogen) atoms. The maximum Gasteiger partial charge on any atom is 0.455 e. The number of ketones is 1. The number of rotatable bonds is 10. The van der Waals surface area contributed by atoms with Crippen molar-refractivity contribution in [1.29, 1.82) is 0 Å². The Bertz CT molecular complexity index is 3110. The number of aryl methyl sites for hydroxylation is 1. The van der Waals surface area contributed by atoms with Crippen LogP contribution in [0.25, 0.3) is 21.7 Å². The van der Waals surface area contributed by atoms with Gasteiger partial charge in [-0.1, -0.05) is 176 Å². The summed E-state index contributed by atoms with van der Waals surface area (Å²) in [7, 11) is -6.63. The smallest absolute Gasteiger partial charge is 0.455 e. The number of aromatic hydroxyl groups is 1. The zero-order valence-electron chi connectivity index (χ0n) is 35.2. The number of halogens is 3. The third-order valence-corrected chi connectivity index (χ3v) is 17.2. The van der Waals surface area contributed by atoms with Crippen molar-refractivity contribution in [2.45, 2.75) is 19.6 Å². The first-order valence-corrected chi connectivity index (χ1v) is 24.0. The van der Waals surface area contributed by atoms with Crippen molar-refractivity contribution in [3.05, 3.63) is 222 Å². The summed E-state index contributed by atoms with van der Waals surface area (Å²) in [4.78, 5) is 24.0. The standard InChI is InChI=1S/C36H28O3P2.C17H12F3NO3.Eu/c37-40(29-17-5-1-6-18-29,30-19-7-2-8-20-30)35-27-15-13-25-33(35)39-34-26-14-16-28-36(34)41(38,31-21-9-3-10-22-31)32-23-11-4-12-24-32;1-2-21-13-10-6-4-3-5-9(10)7-8-11(13)14(22)12(16(21)24)15(23)17(18,19)20;/h1-28H;3-8,22H,2H2,1H3;. The number of hydrogen-bond acceptors (Lipinski definition) is 6. The van der Waals surface area contributed by atoms with Gasteiger partial charge in [-0.05, 0) is 42.6 Å². The molecule has 0 amide bonds. The van der Waals surface area contributed by atoms with E-state index in [0.29, 0.717) is 33.0 Å². The van der Waals surface area contributed by atoms with E-state index in [1.54, 1.807) is 37.3 Å². The number of nitrogens with zero attached hydrogens (tertiary/aromatic N) is 1. The second-order valence-corrected chi connectivity index (χ2v) is 20.3. The summed E-state index contributed by atoms with van der Waals surface area (Å²) in [6.07, 6.45) is -5.24. The molecule has 0 bridgehead atoms. The Morgan fingerprint density at radius 2 is 0.924 bits per heavy atom. The number of Topliss-reactive ketones (excluding diaryl/α,β-unsaturated/α-hetero) is 1. The van der Waals surface area contributed by atoms with E-state index in [9.17, 15) is 27.9 Å². The molecule has 8 aromatic carbocycles. The number of aromatic nitrogens is 1. The van der Waals surface area contributed by atoms with E-state index in [2.05, 4.69) is 0 Å². The van der Waals surface area contributed by atoms with E-state index >= 15 is 9.13 Å². The van der Waals surface area contributed by atoms with E-state index in [0.717, 1.165) is 31.2 Å². The fourth-order valence-corrected chi connectivity index (χ4v) is 13.5. The third-order valence-electron chi connectivity index (χ3n) is 11.0. The van der Waals surface area contributed by atoms with E-state index in [4.69, 9.17) is 4.74 Å². The van der Waals surface area contributed by atoms with Crippen LogP contribution >= 0.6 is 14.3 Å². The van der Waals surface area contributed by atoms with E-state index in [1.165, 1.54) is 6.07 Å². The molecule has 7 nitrogen and oxygen atoms in total. The van der Waals surface area contributed by atoms with Crippen LogP contribution in [-0.4, -0.2) is 21.6 Å². The molecule has 1 N–H and O–H groups in total. The molecule has 331 valence electrons. The van der Waals surface area contributed by atoms with Gasteiger partial charge in [0, 0.05) is 87.9 Å². The summed E-state index contributed by atoms with van der Waals surface area (Å²) in [6, 6.07) is 63.0. The predicted octanol–water partition coefficient (Wildman–Crippen LogP) is 10.4. The van der Waals surface area contributed by atoms with Crippen molar-refractivity contribution in [2.75, 3.05) is 0 Å². The van der Waals surface area contributed by atoms with Gasteiger partial charge in [0.15, 0.2) is 14.3 Å². The Morgan fingerprint density at radius 3 is 1.33 bits per heavy atom. The molecule has 9 aromatic rings. The molecule has 1 aromatic heterocycles. The molecule has 9 rings (SSSR count). The summed E-state index contributed by atoms with van der Waals surface area (Å²) >= 11 is 0. The molecule has 1 heterocycles. The normalized spacial score (nSPS) is 11.6. The van der Waals surface area contributed by atoms with Crippen LogP contribution in [-0.2, 0) is 15.7 Å². The van der Waals surface area contributed by atoms with Crippen LogP contribution in [0.3, 0.4) is 0 Å². The quantitative estimate of drug-likeness (QED) is 0.0832. The molecular weight excluding hydrogens is 1020 g/mol. The second kappa shape index (κ2) is 20.5. The average molecular weight is 1060 g/mol. The van der Waals surface area contributed by atoms with Gasteiger partial charge in [-0.2, -0.15) is 13.2 Å². The van der Waals surface area contributed by atoms with E-state index in [1.807, 2.05) is 170 Å². The van der Waals surface area contributed by atoms with Crippen LogP contribution in [0.4, 0.5) is 13.2 Å². The number of benzene rings is 8. The number of carbonyl (C=O) groups excluding carboxylic acids is 1. The summed E-state index contributed by atoms with van der Waals surface area (Å²) in [5.74, 6) is -2.36. The van der Waals surface area contributed by atoms with Gasteiger partial charge in [-0.3, -0.25) is 9.59 Å². The van der Waals surface area contributed by atoms with Gasteiger partial charge >= 0.3 is 6.18 Å².